The molecule has 0 aliphatic rings. The monoisotopic (exact) mass is 1120 g/mol. The highest BCUT2D eigenvalue weighted by molar-refractivity contribution is 5.71. The summed E-state index contributed by atoms with van der Waals surface area (Å²) in [5.41, 5.74) is 0. The highest BCUT2D eigenvalue weighted by Gasteiger charge is 2.19. The molecule has 0 aliphatic carbocycles. The molecule has 0 aromatic rings. The van der Waals surface area contributed by atoms with Gasteiger partial charge in [-0.15, -0.1) is 0 Å². The first-order chi connectivity index (χ1) is 40.0. The molecule has 1 atom stereocenters. The van der Waals surface area contributed by atoms with Crippen LogP contribution in [0, 0.1) is 0 Å². The summed E-state index contributed by atoms with van der Waals surface area (Å²) >= 11 is 0. The van der Waals surface area contributed by atoms with Gasteiger partial charge in [-0.1, -0.05) is 291 Å². The highest BCUT2D eigenvalue weighted by atomic mass is 16.6. The molecule has 0 saturated heterocycles. The van der Waals surface area contributed by atoms with E-state index in [4.69, 9.17) is 14.2 Å². The van der Waals surface area contributed by atoms with Gasteiger partial charge in [-0.2, -0.15) is 0 Å². The Morgan fingerprint density at radius 1 is 0.259 bits per heavy atom. The number of rotatable bonds is 62. The lowest BCUT2D eigenvalue weighted by molar-refractivity contribution is -0.167. The number of allylic oxidation sites excluding steroid dienone is 18. The van der Waals surface area contributed by atoms with Crippen LogP contribution in [0.5, 0.6) is 0 Å². The van der Waals surface area contributed by atoms with Gasteiger partial charge in [0.05, 0.1) is 0 Å². The van der Waals surface area contributed by atoms with Crippen LogP contribution in [0.25, 0.3) is 0 Å². The minimum atomic E-state index is -0.807. The maximum absolute atomic E-state index is 12.9. The summed E-state index contributed by atoms with van der Waals surface area (Å²) in [7, 11) is 0. The second-order valence-corrected chi connectivity index (χ2v) is 22.7. The fourth-order valence-corrected chi connectivity index (χ4v) is 9.59. The zero-order chi connectivity index (χ0) is 58.5. The first-order valence-electron chi connectivity index (χ1n) is 34.4. The van der Waals surface area contributed by atoms with Gasteiger partial charge in [-0.05, 0) is 128 Å². The van der Waals surface area contributed by atoms with E-state index in [1.807, 2.05) is 0 Å². The average molecular weight is 1130 g/mol. The average Bonchev–Trinajstić information content (AvgIpc) is 3.47. The summed E-state index contributed by atoms with van der Waals surface area (Å²) < 4.78 is 16.9. The summed E-state index contributed by atoms with van der Waals surface area (Å²) in [4.78, 5) is 38.4. The zero-order valence-electron chi connectivity index (χ0n) is 53.3. The van der Waals surface area contributed by atoms with Gasteiger partial charge in [0.2, 0.25) is 0 Å². The Morgan fingerprint density at radius 2 is 0.481 bits per heavy atom. The van der Waals surface area contributed by atoms with Crippen LogP contribution in [0.3, 0.4) is 0 Å². The van der Waals surface area contributed by atoms with E-state index < -0.39 is 6.10 Å². The van der Waals surface area contributed by atoms with E-state index >= 15 is 0 Å². The number of carbonyl (C=O) groups excluding carboxylic acids is 3. The number of hydrogen-bond donors (Lipinski definition) is 0. The largest absolute Gasteiger partial charge is 0.462 e. The minimum Gasteiger partial charge on any atom is -0.462 e. The quantitative estimate of drug-likeness (QED) is 0.0261. The number of unbranched alkanes of at least 4 members (excludes halogenated alkanes) is 33. The fourth-order valence-electron chi connectivity index (χ4n) is 9.59. The molecule has 6 heteroatoms. The molecular weight excluding hydrogens is 997 g/mol. The van der Waals surface area contributed by atoms with Gasteiger partial charge >= 0.3 is 17.9 Å². The Labute approximate surface area is 501 Å². The second-order valence-electron chi connectivity index (χ2n) is 22.7. The molecule has 6 nitrogen and oxygen atoms in total. The summed E-state index contributed by atoms with van der Waals surface area (Å²) in [6.07, 6.45) is 93.9. The molecule has 0 fully saturated rings. The number of hydrogen-bond acceptors (Lipinski definition) is 6. The van der Waals surface area contributed by atoms with Gasteiger partial charge in [0.15, 0.2) is 6.10 Å². The maximum atomic E-state index is 12.9. The molecule has 0 heterocycles. The predicted octanol–water partition coefficient (Wildman–Crippen LogP) is 23.8. The normalized spacial score (nSPS) is 12.8. The van der Waals surface area contributed by atoms with Crippen LogP contribution in [0.4, 0.5) is 0 Å². The van der Waals surface area contributed by atoms with Crippen molar-refractivity contribution < 1.29 is 28.6 Å². The van der Waals surface area contributed by atoms with E-state index in [-0.39, 0.29) is 37.5 Å². The Kier molecular flexibility index (Phi) is 65.2. The van der Waals surface area contributed by atoms with Crippen molar-refractivity contribution in [1.82, 2.24) is 0 Å². The molecule has 0 aliphatic heterocycles. The van der Waals surface area contributed by atoms with E-state index in [1.165, 1.54) is 186 Å². The molecule has 0 amide bonds. The van der Waals surface area contributed by atoms with Gasteiger partial charge in [0, 0.05) is 19.3 Å². The summed E-state index contributed by atoms with van der Waals surface area (Å²) in [5.74, 6) is -0.935. The molecule has 0 N–H and O–H groups in total. The van der Waals surface area contributed by atoms with Crippen LogP contribution >= 0.6 is 0 Å². The fraction of sp³-hybridized carbons (Fsp3) is 0.720. The molecule has 0 bridgehead atoms. The summed E-state index contributed by atoms with van der Waals surface area (Å²) in [6, 6.07) is 0. The van der Waals surface area contributed by atoms with E-state index in [9.17, 15) is 14.4 Å². The lowest BCUT2D eigenvalue weighted by Gasteiger charge is -2.18. The Balaban J connectivity index is 4.42. The molecule has 0 radical (unpaired) electrons. The standard InChI is InChI=1S/C75H128O6/c1-4-7-10-13-16-19-22-25-28-31-33-35-36-37-38-40-41-44-47-50-53-56-59-62-65-68-74(77)80-71-72(70-79-73(76)67-64-61-58-55-52-49-46-43-30-27-24-21-18-15-12-9-6-3)81-75(78)69-66-63-60-57-54-51-48-45-42-39-34-32-29-26-23-20-17-14-11-8-5-2/h8,11,17,20,22,25-27,29-31,33-34,39,45,48,54,57,72H,4-7,9-10,12-16,18-19,21,23-24,28,32,35-38,40-44,46-47,49-53,55-56,58-71H2,1-3H3/b11-8-,20-17-,25-22-,29-26-,30-27-,33-31-,39-34-,48-45-,57-54-. The van der Waals surface area contributed by atoms with E-state index in [0.717, 1.165) is 96.3 Å². The highest BCUT2D eigenvalue weighted by Crippen LogP contribution is 2.16. The van der Waals surface area contributed by atoms with Gasteiger partial charge in [0.1, 0.15) is 13.2 Å². The number of ether oxygens (including phenoxy) is 3. The summed E-state index contributed by atoms with van der Waals surface area (Å²) in [5, 5.41) is 0. The van der Waals surface area contributed by atoms with E-state index in [0.29, 0.717) is 19.3 Å². The molecule has 0 spiro atoms. The van der Waals surface area contributed by atoms with Crippen LogP contribution in [0.1, 0.15) is 329 Å². The Morgan fingerprint density at radius 3 is 0.790 bits per heavy atom. The first-order valence-corrected chi connectivity index (χ1v) is 34.4. The third kappa shape index (κ3) is 66.8. The molecule has 464 valence electrons. The summed E-state index contributed by atoms with van der Waals surface area (Å²) in [6.45, 7) is 6.51. The SMILES string of the molecule is CC/C=C\C/C=C\C/C=C\C/C=C\C/C=C\C/C=C\CCCCC(=O)OC(COC(=O)CCCCCCCCC/C=C\CCCCCCCC)COC(=O)CCCCCCCCCCCCCCC/C=C\C/C=C\CCCCCCC. The van der Waals surface area contributed by atoms with Crippen molar-refractivity contribution >= 4 is 17.9 Å². The second kappa shape index (κ2) is 68.6. The topological polar surface area (TPSA) is 78.9 Å². The third-order valence-electron chi connectivity index (χ3n) is 14.7. The van der Waals surface area contributed by atoms with Crippen molar-refractivity contribution in [2.75, 3.05) is 13.2 Å². The van der Waals surface area contributed by atoms with Gasteiger partial charge in [-0.3, -0.25) is 14.4 Å². The van der Waals surface area contributed by atoms with Crippen LogP contribution in [0.2, 0.25) is 0 Å². The smallest absolute Gasteiger partial charge is 0.306 e. The molecule has 0 saturated carbocycles. The zero-order valence-corrected chi connectivity index (χ0v) is 53.3. The molecule has 81 heavy (non-hydrogen) atoms. The molecular formula is C75H128O6. The Hall–Kier alpha value is -3.93. The molecule has 0 aromatic heterocycles. The van der Waals surface area contributed by atoms with Crippen molar-refractivity contribution in [3.05, 3.63) is 109 Å². The number of esters is 3. The van der Waals surface area contributed by atoms with Crippen LogP contribution < -0.4 is 0 Å². The molecule has 1 unspecified atom stereocenters. The van der Waals surface area contributed by atoms with Crippen molar-refractivity contribution in [3.8, 4) is 0 Å². The van der Waals surface area contributed by atoms with Crippen molar-refractivity contribution in [1.29, 1.82) is 0 Å². The Bertz CT molecular complexity index is 1620. The lowest BCUT2D eigenvalue weighted by Crippen LogP contribution is -2.30. The van der Waals surface area contributed by atoms with Crippen LogP contribution in [-0.4, -0.2) is 37.2 Å². The van der Waals surface area contributed by atoms with E-state index in [2.05, 4.69) is 130 Å². The first kappa shape index (κ1) is 77.1. The lowest BCUT2D eigenvalue weighted by atomic mass is 10.0. The van der Waals surface area contributed by atoms with Crippen molar-refractivity contribution in [3.63, 3.8) is 0 Å². The van der Waals surface area contributed by atoms with Crippen LogP contribution in [-0.2, 0) is 28.6 Å². The number of carbonyl (C=O) groups is 3. The minimum absolute atomic E-state index is 0.0971. The van der Waals surface area contributed by atoms with Gasteiger partial charge in [-0.25, -0.2) is 0 Å². The van der Waals surface area contributed by atoms with E-state index in [1.54, 1.807) is 0 Å². The van der Waals surface area contributed by atoms with Gasteiger partial charge in [0.25, 0.3) is 0 Å². The third-order valence-corrected chi connectivity index (χ3v) is 14.7. The van der Waals surface area contributed by atoms with Gasteiger partial charge < -0.3 is 14.2 Å². The van der Waals surface area contributed by atoms with Crippen molar-refractivity contribution in [2.45, 2.75) is 335 Å². The molecule has 0 aromatic carbocycles. The van der Waals surface area contributed by atoms with Crippen LogP contribution in [0.15, 0.2) is 109 Å². The van der Waals surface area contributed by atoms with Crippen molar-refractivity contribution in [2.24, 2.45) is 0 Å². The molecule has 0 rings (SSSR count). The maximum Gasteiger partial charge on any atom is 0.306 e. The predicted molar refractivity (Wildman–Crippen MR) is 353 cm³/mol.